The number of methoxy groups -OCH3 is 1. The van der Waals surface area contributed by atoms with Crippen LogP contribution >= 0.6 is 0 Å². The highest BCUT2D eigenvalue weighted by molar-refractivity contribution is 5.74. The van der Waals surface area contributed by atoms with Crippen molar-refractivity contribution in [2.45, 2.75) is 45.1 Å². The first-order valence-electron chi connectivity index (χ1n) is 9.87. The smallest absolute Gasteiger partial charge is 0.317 e. The van der Waals surface area contributed by atoms with Crippen LogP contribution in [0.4, 0.5) is 4.79 Å². The van der Waals surface area contributed by atoms with E-state index < -0.39 is 0 Å². The normalized spacial score (nSPS) is 19.0. The molecule has 2 aromatic rings. The lowest BCUT2D eigenvalue weighted by Gasteiger charge is -2.26. The van der Waals surface area contributed by atoms with Crippen molar-refractivity contribution < 1.29 is 9.53 Å². The Kier molecular flexibility index (Phi) is 5.05. The fourth-order valence-corrected chi connectivity index (χ4v) is 4.36. The van der Waals surface area contributed by atoms with Crippen LogP contribution in [0.25, 0.3) is 0 Å². The molecular weight excluding hydrogens is 340 g/mol. The molecule has 0 fully saturated rings. The van der Waals surface area contributed by atoms with Crippen LogP contribution in [-0.4, -0.2) is 47.2 Å². The lowest BCUT2D eigenvalue weighted by molar-refractivity contribution is 0.198. The molecule has 2 aliphatic rings. The van der Waals surface area contributed by atoms with E-state index in [-0.39, 0.29) is 6.03 Å². The number of ether oxygens (including phenoxy) is 1. The van der Waals surface area contributed by atoms with Gasteiger partial charge in [-0.2, -0.15) is 0 Å². The lowest BCUT2D eigenvalue weighted by atomic mass is 9.99. The zero-order chi connectivity index (χ0) is 18.8. The summed E-state index contributed by atoms with van der Waals surface area (Å²) in [5.74, 6) is 2.35. The second-order valence-electron chi connectivity index (χ2n) is 7.54. The van der Waals surface area contributed by atoms with E-state index in [0.29, 0.717) is 12.5 Å². The Labute approximate surface area is 160 Å². The molecule has 0 saturated carbocycles. The van der Waals surface area contributed by atoms with Gasteiger partial charge >= 0.3 is 6.03 Å². The molecule has 2 amide bonds. The Morgan fingerprint density at radius 1 is 1.30 bits per heavy atom. The van der Waals surface area contributed by atoms with E-state index in [1.54, 1.807) is 7.11 Å². The Morgan fingerprint density at radius 3 is 3.00 bits per heavy atom. The number of hydrogen-bond donors (Lipinski definition) is 1. The Bertz CT molecular complexity index is 830. The van der Waals surface area contributed by atoms with Crippen LogP contribution in [-0.2, 0) is 19.4 Å². The zero-order valence-corrected chi connectivity index (χ0v) is 16.2. The van der Waals surface area contributed by atoms with Gasteiger partial charge in [-0.05, 0) is 49.8 Å². The molecule has 0 bridgehead atoms. The number of hydrogen-bond acceptors (Lipinski definition) is 3. The van der Waals surface area contributed by atoms with E-state index >= 15 is 0 Å². The van der Waals surface area contributed by atoms with Gasteiger partial charge in [0.25, 0.3) is 0 Å². The summed E-state index contributed by atoms with van der Waals surface area (Å²) in [6, 6.07) is 6.20. The summed E-state index contributed by atoms with van der Waals surface area (Å²) in [7, 11) is 1.71. The summed E-state index contributed by atoms with van der Waals surface area (Å²) < 4.78 is 7.74. The number of nitrogens with one attached hydrogen (secondary N) is 1. The van der Waals surface area contributed by atoms with Gasteiger partial charge in [-0.25, -0.2) is 9.78 Å². The molecule has 3 heterocycles. The first kappa shape index (κ1) is 17.9. The maximum absolute atomic E-state index is 12.8. The number of aromatic nitrogens is 2. The number of amides is 2. The van der Waals surface area contributed by atoms with E-state index in [2.05, 4.69) is 27.1 Å². The van der Waals surface area contributed by atoms with Crippen molar-refractivity contribution in [1.82, 2.24) is 19.8 Å². The first-order valence-corrected chi connectivity index (χ1v) is 9.87. The van der Waals surface area contributed by atoms with Crippen molar-refractivity contribution in [2.24, 2.45) is 0 Å². The molecule has 2 aliphatic heterocycles. The van der Waals surface area contributed by atoms with Crippen molar-refractivity contribution in [3.8, 4) is 5.75 Å². The third kappa shape index (κ3) is 3.66. The molecule has 6 heteroatoms. The second-order valence-corrected chi connectivity index (χ2v) is 7.54. The van der Waals surface area contributed by atoms with Crippen molar-refractivity contribution in [2.75, 3.05) is 26.7 Å². The van der Waals surface area contributed by atoms with Crippen molar-refractivity contribution in [3.63, 3.8) is 0 Å². The molecule has 1 aromatic carbocycles. The minimum atomic E-state index is 0.0298. The molecule has 1 aromatic heterocycles. The predicted octanol–water partition coefficient (Wildman–Crippen LogP) is 2.89. The summed E-state index contributed by atoms with van der Waals surface area (Å²) in [6.07, 6.45) is 6.04. The fourth-order valence-electron chi connectivity index (χ4n) is 4.36. The number of aryl methyl sites for hydroxylation is 2. The van der Waals surface area contributed by atoms with Crippen LogP contribution in [0.2, 0.25) is 0 Å². The largest absolute Gasteiger partial charge is 0.496 e. The monoisotopic (exact) mass is 368 g/mol. The molecule has 1 atom stereocenters. The van der Waals surface area contributed by atoms with E-state index in [1.807, 2.05) is 24.0 Å². The second kappa shape index (κ2) is 7.62. The van der Waals surface area contributed by atoms with Crippen LogP contribution in [0.15, 0.2) is 24.4 Å². The molecule has 4 rings (SSSR count). The third-order valence-corrected chi connectivity index (χ3v) is 5.76. The molecule has 1 N–H and O–H groups in total. The van der Waals surface area contributed by atoms with E-state index in [0.717, 1.165) is 62.6 Å². The molecule has 144 valence electrons. The fraction of sp³-hybridized carbons (Fsp3) is 0.524. The number of nitrogens with zero attached hydrogens (tertiary/aromatic N) is 3. The summed E-state index contributed by atoms with van der Waals surface area (Å²) in [5, 5.41) is 3.16. The van der Waals surface area contributed by atoms with Gasteiger partial charge in [0.2, 0.25) is 0 Å². The van der Waals surface area contributed by atoms with Gasteiger partial charge in [-0.3, -0.25) is 0 Å². The Hall–Kier alpha value is -2.50. The van der Waals surface area contributed by atoms with Crippen molar-refractivity contribution >= 4 is 6.03 Å². The zero-order valence-electron chi connectivity index (χ0n) is 16.2. The topological polar surface area (TPSA) is 59.4 Å². The first-order chi connectivity index (χ1) is 13.2. The van der Waals surface area contributed by atoms with E-state index in [4.69, 9.17) is 4.74 Å². The maximum atomic E-state index is 12.8. The molecule has 0 saturated heterocycles. The number of carbonyl (C=O) groups excluding carboxylic acids is 1. The molecular formula is C21H28N4O2. The third-order valence-electron chi connectivity index (χ3n) is 5.76. The van der Waals surface area contributed by atoms with Crippen molar-refractivity contribution in [3.05, 3.63) is 47.0 Å². The number of imidazole rings is 1. The average Bonchev–Trinajstić information content (AvgIpc) is 2.93. The summed E-state index contributed by atoms with van der Waals surface area (Å²) in [6.45, 7) is 5.18. The SMILES string of the molecule is COc1cccc2c1CCN(C(=O)NC[C@H]1CCCn3cc(C)nc31)CC2. The number of carbonyl (C=O) groups is 1. The van der Waals surface area contributed by atoms with Gasteiger partial charge in [-0.1, -0.05) is 12.1 Å². The molecule has 6 nitrogen and oxygen atoms in total. The minimum absolute atomic E-state index is 0.0298. The minimum Gasteiger partial charge on any atom is -0.496 e. The molecule has 27 heavy (non-hydrogen) atoms. The van der Waals surface area contributed by atoms with Crippen LogP contribution < -0.4 is 10.1 Å². The van der Waals surface area contributed by atoms with Crippen LogP contribution in [0.3, 0.4) is 0 Å². The highest BCUT2D eigenvalue weighted by Crippen LogP contribution is 2.27. The number of benzene rings is 1. The highest BCUT2D eigenvalue weighted by Gasteiger charge is 2.25. The standard InChI is InChI=1S/C21H28N4O2/c1-15-14-25-10-4-6-17(20(25)23-15)13-22-21(26)24-11-8-16-5-3-7-19(27-2)18(16)9-12-24/h3,5,7,14,17H,4,6,8-13H2,1-2H3,(H,22,26)/t17-/m1/s1. The van der Waals surface area contributed by atoms with Gasteiger partial charge in [0.05, 0.1) is 12.8 Å². The quantitative estimate of drug-likeness (QED) is 0.906. The Morgan fingerprint density at radius 2 is 2.15 bits per heavy atom. The van der Waals surface area contributed by atoms with Gasteiger partial charge in [0.15, 0.2) is 0 Å². The van der Waals surface area contributed by atoms with Gasteiger partial charge < -0.3 is 19.5 Å². The van der Waals surface area contributed by atoms with Crippen LogP contribution in [0, 0.1) is 6.92 Å². The van der Waals surface area contributed by atoms with Gasteiger partial charge in [0, 0.05) is 38.3 Å². The van der Waals surface area contributed by atoms with Crippen LogP contribution in [0.1, 0.15) is 41.4 Å². The van der Waals surface area contributed by atoms with E-state index in [9.17, 15) is 4.79 Å². The van der Waals surface area contributed by atoms with Crippen molar-refractivity contribution in [1.29, 1.82) is 0 Å². The molecule has 0 aliphatic carbocycles. The number of fused-ring (bicyclic) bond motifs is 2. The van der Waals surface area contributed by atoms with Crippen LogP contribution in [0.5, 0.6) is 5.75 Å². The predicted molar refractivity (Wildman–Crippen MR) is 104 cm³/mol. The number of rotatable bonds is 3. The summed E-state index contributed by atoms with van der Waals surface area (Å²) in [4.78, 5) is 19.4. The Balaban J connectivity index is 1.37. The number of urea groups is 1. The van der Waals surface area contributed by atoms with Gasteiger partial charge in [-0.15, -0.1) is 0 Å². The molecule has 0 spiro atoms. The summed E-state index contributed by atoms with van der Waals surface area (Å²) in [5.41, 5.74) is 3.58. The lowest BCUT2D eigenvalue weighted by Crippen LogP contribution is -2.43. The average molecular weight is 368 g/mol. The molecule has 0 radical (unpaired) electrons. The highest BCUT2D eigenvalue weighted by atomic mass is 16.5. The van der Waals surface area contributed by atoms with Gasteiger partial charge in [0.1, 0.15) is 11.6 Å². The summed E-state index contributed by atoms with van der Waals surface area (Å²) >= 11 is 0. The van der Waals surface area contributed by atoms with E-state index in [1.165, 1.54) is 11.1 Å². The maximum Gasteiger partial charge on any atom is 0.317 e. The molecule has 0 unspecified atom stereocenters.